The third-order valence-electron chi connectivity index (χ3n) is 2.57. The SMILES string of the molecule is CC(C)(C)NS(=O)(=O)c1cc(C(=O)Nc2ncn[nH]2)ccc1Cl. The van der Waals surface area contributed by atoms with E-state index in [-0.39, 0.29) is 21.4 Å². The third-order valence-corrected chi connectivity index (χ3v) is 4.81. The average Bonchev–Trinajstić information content (AvgIpc) is 2.88. The van der Waals surface area contributed by atoms with E-state index in [4.69, 9.17) is 11.6 Å². The lowest BCUT2D eigenvalue weighted by Crippen LogP contribution is -2.40. The number of rotatable bonds is 4. The van der Waals surface area contributed by atoms with Crippen LogP contribution in [0.5, 0.6) is 0 Å². The van der Waals surface area contributed by atoms with Crippen molar-refractivity contribution in [2.24, 2.45) is 0 Å². The molecule has 0 atom stereocenters. The molecular weight excluding hydrogens is 342 g/mol. The van der Waals surface area contributed by atoms with E-state index >= 15 is 0 Å². The van der Waals surface area contributed by atoms with Crippen LogP contribution in [0.2, 0.25) is 5.02 Å². The van der Waals surface area contributed by atoms with Gasteiger partial charge in [0, 0.05) is 11.1 Å². The molecule has 1 amide bonds. The molecule has 1 aromatic heterocycles. The maximum atomic E-state index is 12.4. The monoisotopic (exact) mass is 357 g/mol. The Kier molecular flexibility index (Phi) is 4.73. The second-order valence-electron chi connectivity index (χ2n) is 5.79. The standard InChI is InChI=1S/C13H16ClN5O3S/c1-13(2,3)19-23(21,22)10-6-8(4-5-9(10)14)11(20)17-12-15-7-16-18-12/h4-7,19H,1-3H3,(H2,15,16,17,18,20). The maximum Gasteiger partial charge on any atom is 0.258 e. The van der Waals surface area contributed by atoms with E-state index in [9.17, 15) is 13.2 Å². The topological polar surface area (TPSA) is 117 Å². The maximum absolute atomic E-state index is 12.4. The first-order valence-corrected chi connectivity index (χ1v) is 8.45. The van der Waals surface area contributed by atoms with Crippen LogP contribution in [0, 0.1) is 0 Å². The Morgan fingerprint density at radius 1 is 1.30 bits per heavy atom. The number of aromatic nitrogens is 3. The molecule has 10 heteroatoms. The zero-order valence-electron chi connectivity index (χ0n) is 12.7. The fourth-order valence-electron chi connectivity index (χ4n) is 1.75. The highest BCUT2D eigenvalue weighted by molar-refractivity contribution is 7.89. The Morgan fingerprint density at radius 2 is 2.00 bits per heavy atom. The number of carbonyl (C=O) groups excluding carboxylic acids is 1. The second kappa shape index (κ2) is 6.26. The van der Waals surface area contributed by atoms with Crippen molar-refractivity contribution < 1.29 is 13.2 Å². The van der Waals surface area contributed by atoms with E-state index in [0.29, 0.717) is 0 Å². The number of sulfonamides is 1. The molecule has 2 rings (SSSR count). The number of amides is 1. The Labute approximate surface area is 138 Å². The summed E-state index contributed by atoms with van der Waals surface area (Å²) in [5, 5.41) is 8.56. The van der Waals surface area contributed by atoms with Crippen molar-refractivity contribution in [1.29, 1.82) is 0 Å². The number of nitrogens with one attached hydrogen (secondary N) is 3. The predicted molar refractivity (Wildman–Crippen MR) is 85.9 cm³/mol. The quantitative estimate of drug-likeness (QED) is 0.771. The van der Waals surface area contributed by atoms with Gasteiger partial charge in [0.1, 0.15) is 11.2 Å². The number of carbonyl (C=O) groups is 1. The summed E-state index contributed by atoms with van der Waals surface area (Å²) in [7, 11) is -3.86. The molecule has 124 valence electrons. The van der Waals surface area contributed by atoms with Gasteiger partial charge in [-0.25, -0.2) is 18.2 Å². The van der Waals surface area contributed by atoms with Gasteiger partial charge in [0.2, 0.25) is 16.0 Å². The summed E-state index contributed by atoms with van der Waals surface area (Å²) in [4.78, 5) is 15.7. The van der Waals surface area contributed by atoms with Crippen molar-refractivity contribution in [2.45, 2.75) is 31.2 Å². The minimum Gasteiger partial charge on any atom is -0.291 e. The highest BCUT2D eigenvalue weighted by Gasteiger charge is 2.25. The van der Waals surface area contributed by atoms with E-state index in [0.717, 1.165) is 0 Å². The zero-order valence-corrected chi connectivity index (χ0v) is 14.3. The van der Waals surface area contributed by atoms with Gasteiger partial charge in [-0.2, -0.15) is 10.1 Å². The van der Waals surface area contributed by atoms with Crippen LogP contribution in [-0.4, -0.2) is 35.0 Å². The first-order chi connectivity index (χ1) is 10.6. The number of benzene rings is 1. The van der Waals surface area contributed by atoms with Crippen LogP contribution in [0.25, 0.3) is 0 Å². The van der Waals surface area contributed by atoms with Crippen molar-refractivity contribution in [3.63, 3.8) is 0 Å². The molecule has 1 heterocycles. The van der Waals surface area contributed by atoms with Crippen LogP contribution in [0.4, 0.5) is 5.95 Å². The molecule has 0 spiro atoms. The summed E-state index contributed by atoms with van der Waals surface area (Å²) in [5.41, 5.74) is -0.555. The molecule has 0 aliphatic heterocycles. The molecule has 0 saturated heterocycles. The number of hydrogen-bond acceptors (Lipinski definition) is 5. The Balaban J connectivity index is 2.34. The Hall–Kier alpha value is -1.97. The van der Waals surface area contributed by atoms with Crippen LogP contribution in [-0.2, 0) is 10.0 Å². The lowest BCUT2D eigenvalue weighted by atomic mass is 10.1. The van der Waals surface area contributed by atoms with E-state index in [1.165, 1.54) is 24.5 Å². The van der Waals surface area contributed by atoms with E-state index in [2.05, 4.69) is 25.2 Å². The van der Waals surface area contributed by atoms with E-state index in [1.54, 1.807) is 20.8 Å². The van der Waals surface area contributed by atoms with Gasteiger partial charge in [-0.1, -0.05) is 11.6 Å². The third kappa shape index (κ3) is 4.50. The summed E-state index contributed by atoms with van der Waals surface area (Å²) in [6, 6.07) is 3.99. The minimum absolute atomic E-state index is 0.0259. The Morgan fingerprint density at radius 3 is 2.57 bits per heavy atom. The molecule has 3 N–H and O–H groups in total. The summed E-state index contributed by atoms with van der Waals surface area (Å²) in [5.74, 6) is -0.382. The molecule has 0 unspecified atom stereocenters. The van der Waals surface area contributed by atoms with Crippen molar-refractivity contribution in [3.05, 3.63) is 35.1 Å². The summed E-state index contributed by atoms with van der Waals surface area (Å²) in [6.07, 6.45) is 1.24. The summed E-state index contributed by atoms with van der Waals surface area (Å²) >= 11 is 5.98. The van der Waals surface area contributed by atoms with Crippen molar-refractivity contribution in [2.75, 3.05) is 5.32 Å². The van der Waals surface area contributed by atoms with Crippen LogP contribution in [0.15, 0.2) is 29.4 Å². The number of nitrogens with zero attached hydrogens (tertiary/aromatic N) is 2. The summed E-state index contributed by atoms with van der Waals surface area (Å²) < 4.78 is 27.3. The van der Waals surface area contributed by atoms with Crippen molar-refractivity contribution >= 4 is 33.5 Å². The highest BCUT2D eigenvalue weighted by atomic mass is 35.5. The molecule has 0 radical (unpaired) electrons. The van der Waals surface area contributed by atoms with Gasteiger partial charge in [-0.3, -0.25) is 10.1 Å². The molecule has 0 saturated carbocycles. The largest absolute Gasteiger partial charge is 0.291 e. The molecule has 1 aromatic carbocycles. The van der Waals surface area contributed by atoms with Crippen LogP contribution >= 0.6 is 11.6 Å². The highest BCUT2D eigenvalue weighted by Crippen LogP contribution is 2.24. The number of anilines is 1. The average molecular weight is 358 g/mol. The fourth-order valence-corrected chi connectivity index (χ4v) is 3.70. The minimum atomic E-state index is -3.86. The molecule has 0 aliphatic carbocycles. The first kappa shape index (κ1) is 17.4. The van der Waals surface area contributed by atoms with Gasteiger partial charge < -0.3 is 0 Å². The van der Waals surface area contributed by atoms with Crippen LogP contribution < -0.4 is 10.0 Å². The molecular formula is C13H16ClN5O3S. The molecule has 8 nitrogen and oxygen atoms in total. The smallest absolute Gasteiger partial charge is 0.258 e. The van der Waals surface area contributed by atoms with Gasteiger partial charge in [-0.15, -0.1) is 0 Å². The zero-order chi connectivity index (χ0) is 17.3. The fraction of sp³-hybridized carbons (Fsp3) is 0.308. The molecule has 23 heavy (non-hydrogen) atoms. The number of halogens is 1. The normalized spacial score (nSPS) is 12.2. The van der Waals surface area contributed by atoms with Crippen molar-refractivity contribution in [3.8, 4) is 0 Å². The predicted octanol–water partition coefficient (Wildman–Crippen LogP) is 1.79. The molecule has 0 aliphatic rings. The van der Waals surface area contributed by atoms with Gasteiger partial charge in [-0.05, 0) is 39.0 Å². The van der Waals surface area contributed by atoms with Crippen molar-refractivity contribution in [1.82, 2.24) is 19.9 Å². The lowest BCUT2D eigenvalue weighted by molar-refractivity contribution is 0.102. The molecule has 2 aromatic rings. The number of H-pyrrole nitrogens is 1. The molecule has 0 fully saturated rings. The first-order valence-electron chi connectivity index (χ1n) is 6.59. The Bertz CT molecular complexity index is 813. The van der Waals surface area contributed by atoms with Crippen LogP contribution in [0.1, 0.15) is 31.1 Å². The van der Waals surface area contributed by atoms with E-state index < -0.39 is 21.5 Å². The molecule has 0 bridgehead atoms. The summed E-state index contributed by atoms with van der Waals surface area (Å²) in [6.45, 7) is 5.12. The van der Waals surface area contributed by atoms with Gasteiger partial charge in [0.25, 0.3) is 5.91 Å². The number of aromatic amines is 1. The second-order valence-corrected chi connectivity index (χ2v) is 7.85. The lowest BCUT2D eigenvalue weighted by Gasteiger charge is -2.21. The van der Waals surface area contributed by atoms with E-state index in [1.807, 2.05) is 0 Å². The van der Waals surface area contributed by atoms with Crippen LogP contribution in [0.3, 0.4) is 0 Å². The van der Waals surface area contributed by atoms with Gasteiger partial charge in [0.05, 0.1) is 5.02 Å². The van der Waals surface area contributed by atoms with Gasteiger partial charge in [0.15, 0.2) is 0 Å². The van der Waals surface area contributed by atoms with Gasteiger partial charge >= 0.3 is 0 Å². The number of hydrogen-bond donors (Lipinski definition) is 3.